The lowest BCUT2D eigenvalue weighted by Crippen LogP contribution is -2.67. The Bertz CT molecular complexity index is 1080. The zero-order chi connectivity index (χ0) is 29.8. The van der Waals surface area contributed by atoms with Crippen molar-refractivity contribution in [2.45, 2.75) is 138 Å². The van der Waals surface area contributed by atoms with Gasteiger partial charge in [-0.1, -0.05) is 46.8 Å². The van der Waals surface area contributed by atoms with Crippen LogP contribution in [0.2, 0.25) is 0 Å². The highest BCUT2D eigenvalue weighted by molar-refractivity contribution is 5.78. The normalized spacial score (nSPS) is 51.6. The molecule has 1 aliphatic heterocycles. The lowest BCUT2D eigenvalue weighted by atomic mass is 9.32. The van der Waals surface area contributed by atoms with Crippen LogP contribution in [-0.2, 0) is 19.0 Å². The van der Waals surface area contributed by atoms with Crippen molar-refractivity contribution in [1.82, 2.24) is 0 Å². The fourth-order valence-electron chi connectivity index (χ4n) is 12.6. The maximum atomic E-state index is 14.2. The quantitative estimate of drug-likeness (QED) is 0.277. The first-order valence-electron chi connectivity index (χ1n) is 16.8. The van der Waals surface area contributed by atoms with Crippen molar-refractivity contribution in [3.05, 3.63) is 12.2 Å². The molecule has 0 aromatic rings. The third-order valence-corrected chi connectivity index (χ3v) is 14.9. The molecular weight excluding hydrogens is 512 g/mol. The first kappa shape index (κ1) is 30.1. The van der Waals surface area contributed by atoms with E-state index in [9.17, 15) is 9.90 Å². The Morgan fingerprint density at radius 2 is 1.61 bits per heavy atom. The van der Waals surface area contributed by atoms with Crippen LogP contribution in [-0.4, -0.2) is 42.3 Å². The van der Waals surface area contributed by atoms with Gasteiger partial charge in [-0.2, -0.15) is 0 Å². The van der Waals surface area contributed by atoms with E-state index >= 15 is 0 Å². The molecule has 6 rings (SSSR count). The van der Waals surface area contributed by atoms with Crippen LogP contribution < -0.4 is 0 Å². The number of allylic oxidation sites excluding steroid dienone is 1. The average molecular weight is 571 g/mol. The molecule has 11 atom stereocenters. The second-order valence-corrected chi connectivity index (χ2v) is 17.3. The van der Waals surface area contributed by atoms with E-state index in [1.54, 1.807) is 0 Å². The molecule has 5 nitrogen and oxygen atoms in total. The van der Waals surface area contributed by atoms with Crippen molar-refractivity contribution < 1.29 is 24.1 Å². The van der Waals surface area contributed by atoms with E-state index in [0.717, 1.165) is 38.5 Å². The summed E-state index contributed by atoms with van der Waals surface area (Å²) in [5.74, 6) is 1.81. The van der Waals surface area contributed by atoms with Crippen LogP contribution in [0.15, 0.2) is 12.2 Å². The van der Waals surface area contributed by atoms with Crippen molar-refractivity contribution >= 4 is 5.97 Å². The Morgan fingerprint density at radius 3 is 2.27 bits per heavy atom. The van der Waals surface area contributed by atoms with Gasteiger partial charge in [-0.05, 0) is 136 Å². The summed E-state index contributed by atoms with van der Waals surface area (Å²) in [6.45, 7) is 23.8. The first-order chi connectivity index (χ1) is 19.0. The third-order valence-electron chi connectivity index (χ3n) is 14.9. The first-order valence-corrected chi connectivity index (χ1v) is 16.8. The molecule has 232 valence electrons. The highest BCUT2D eigenvalue weighted by Gasteiger charge is 2.72. The number of carbonyl (C=O) groups excluding carboxylic acids is 1. The maximum absolute atomic E-state index is 14.2. The summed E-state index contributed by atoms with van der Waals surface area (Å²) in [6, 6.07) is 0. The van der Waals surface area contributed by atoms with E-state index in [1.807, 2.05) is 13.8 Å². The van der Waals surface area contributed by atoms with Gasteiger partial charge in [0, 0.05) is 0 Å². The Balaban J connectivity index is 1.30. The van der Waals surface area contributed by atoms with Gasteiger partial charge in [0.15, 0.2) is 5.79 Å². The lowest BCUT2D eigenvalue weighted by Gasteiger charge is -2.72. The summed E-state index contributed by atoms with van der Waals surface area (Å²) in [5, 5.41) is 11.0. The minimum Gasteiger partial charge on any atom is -0.462 e. The summed E-state index contributed by atoms with van der Waals surface area (Å²) in [4.78, 5) is 14.2. The van der Waals surface area contributed by atoms with Crippen molar-refractivity contribution in [1.29, 1.82) is 0 Å². The van der Waals surface area contributed by atoms with Gasteiger partial charge in [0.1, 0.15) is 12.7 Å². The minimum atomic E-state index is -0.613. The lowest BCUT2D eigenvalue weighted by molar-refractivity contribution is -0.249. The van der Waals surface area contributed by atoms with Crippen molar-refractivity contribution in [3.8, 4) is 0 Å². The highest BCUT2D eigenvalue weighted by atomic mass is 16.7. The highest BCUT2D eigenvalue weighted by Crippen LogP contribution is 2.77. The van der Waals surface area contributed by atoms with Gasteiger partial charge in [-0.25, -0.2) is 0 Å². The summed E-state index contributed by atoms with van der Waals surface area (Å²) >= 11 is 0. The number of fused-ring (bicyclic) bond motifs is 7. The molecule has 6 fully saturated rings. The summed E-state index contributed by atoms with van der Waals surface area (Å²) in [6.07, 6.45) is 10.5. The fraction of sp³-hybridized carbons (Fsp3) is 0.917. The number of hydrogen-bond acceptors (Lipinski definition) is 5. The molecule has 1 saturated heterocycles. The van der Waals surface area contributed by atoms with Gasteiger partial charge in [-0.3, -0.25) is 4.79 Å². The molecule has 0 radical (unpaired) electrons. The molecule has 5 heteroatoms. The molecule has 5 saturated carbocycles. The van der Waals surface area contributed by atoms with Crippen LogP contribution >= 0.6 is 0 Å². The molecule has 0 amide bonds. The summed E-state index contributed by atoms with van der Waals surface area (Å²) in [5.41, 5.74) is 1.48. The molecule has 6 aliphatic rings. The van der Waals surface area contributed by atoms with Gasteiger partial charge < -0.3 is 19.3 Å². The number of esters is 1. The molecule has 1 N–H and O–H groups in total. The monoisotopic (exact) mass is 570 g/mol. The standard InChI is InChI=1S/C36H58O5/c1-22(2)24-12-17-36(30(38)39-20-23-21-40-32(5,6)41-23)19-18-34(8)25(29(24)36)10-11-27-33(7)15-14-28(37)31(3,4)26(33)13-16-35(27,34)9/h23-29,37H,1,10-21H2,2-9H3/t23-,24-,25+,26-,27+,28-,29+,33-,34+,35+,36-/m0/s1. The zero-order valence-corrected chi connectivity index (χ0v) is 27.3. The number of aliphatic hydroxyl groups is 1. The Hall–Kier alpha value is -0.910. The van der Waals surface area contributed by atoms with Crippen molar-refractivity contribution in [2.24, 2.45) is 56.7 Å². The van der Waals surface area contributed by atoms with E-state index in [2.05, 4.69) is 48.1 Å². The maximum Gasteiger partial charge on any atom is 0.312 e. The van der Waals surface area contributed by atoms with Gasteiger partial charge in [0.25, 0.3) is 0 Å². The SMILES string of the molecule is C=C(C)[C@@H]1CC[C@]2(C(=O)OC[C@H]3COC(C)(C)O3)CC[C@]3(C)[C@H](CC[C@@H]4[C@@]5(C)CC[C@H](O)C(C)(C)[C@@H]5CC[C@]43C)[C@@H]12. The number of carbonyl (C=O) groups is 1. The molecule has 1 heterocycles. The second-order valence-electron chi connectivity index (χ2n) is 17.3. The van der Waals surface area contributed by atoms with Crippen LogP contribution in [0, 0.1) is 56.7 Å². The van der Waals surface area contributed by atoms with E-state index in [0.29, 0.717) is 36.2 Å². The van der Waals surface area contributed by atoms with Crippen LogP contribution in [0.4, 0.5) is 0 Å². The Kier molecular flexibility index (Phi) is 7.01. The van der Waals surface area contributed by atoms with E-state index < -0.39 is 11.2 Å². The molecule has 5 aliphatic carbocycles. The largest absolute Gasteiger partial charge is 0.462 e. The Labute approximate surface area is 249 Å². The van der Waals surface area contributed by atoms with Gasteiger partial charge in [-0.15, -0.1) is 0 Å². The molecule has 0 bridgehead atoms. The van der Waals surface area contributed by atoms with Gasteiger partial charge in [0.2, 0.25) is 0 Å². The fourth-order valence-corrected chi connectivity index (χ4v) is 12.6. The molecular formula is C36H58O5. The Morgan fingerprint density at radius 1 is 0.878 bits per heavy atom. The van der Waals surface area contributed by atoms with Gasteiger partial charge >= 0.3 is 5.97 Å². The van der Waals surface area contributed by atoms with Crippen LogP contribution in [0.1, 0.15) is 120 Å². The average Bonchev–Trinajstić information content (AvgIpc) is 3.46. The topological polar surface area (TPSA) is 65.0 Å². The number of ether oxygens (including phenoxy) is 3. The molecule has 0 unspecified atom stereocenters. The summed E-state index contributed by atoms with van der Waals surface area (Å²) in [7, 11) is 0. The molecule has 0 spiro atoms. The third kappa shape index (κ3) is 4.13. The van der Waals surface area contributed by atoms with Crippen molar-refractivity contribution in [3.63, 3.8) is 0 Å². The van der Waals surface area contributed by atoms with Crippen molar-refractivity contribution in [2.75, 3.05) is 13.2 Å². The van der Waals surface area contributed by atoms with Crippen LogP contribution in [0.25, 0.3) is 0 Å². The number of hydrogen-bond donors (Lipinski definition) is 1. The number of rotatable bonds is 4. The summed E-state index contributed by atoms with van der Waals surface area (Å²) < 4.78 is 17.9. The second kappa shape index (κ2) is 9.54. The minimum absolute atomic E-state index is 0.00701. The molecule has 0 aromatic carbocycles. The van der Waals surface area contributed by atoms with Crippen LogP contribution in [0.3, 0.4) is 0 Å². The van der Waals surface area contributed by atoms with E-state index in [4.69, 9.17) is 14.2 Å². The molecule has 41 heavy (non-hydrogen) atoms. The predicted octanol–water partition coefficient (Wildman–Crippen LogP) is 7.70. The predicted molar refractivity (Wildman–Crippen MR) is 161 cm³/mol. The molecule has 0 aromatic heterocycles. The number of aliphatic hydroxyl groups excluding tert-OH is 1. The van der Waals surface area contributed by atoms with E-state index in [-0.39, 0.29) is 46.4 Å². The van der Waals surface area contributed by atoms with E-state index in [1.165, 1.54) is 31.3 Å². The smallest absolute Gasteiger partial charge is 0.312 e. The van der Waals surface area contributed by atoms with Gasteiger partial charge in [0.05, 0.1) is 18.1 Å². The van der Waals surface area contributed by atoms with Crippen LogP contribution in [0.5, 0.6) is 0 Å². The zero-order valence-electron chi connectivity index (χ0n) is 27.3.